The summed E-state index contributed by atoms with van der Waals surface area (Å²) in [5, 5.41) is 18.8. The molecule has 0 fully saturated rings. The highest BCUT2D eigenvalue weighted by Crippen LogP contribution is 2.12. The summed E-state index contributed by atoms with van der Waals surface area (Å²) in [5.41, 5.74) is -0.387. The summed E-state index contributed by atoms with van der Waals surface area (Å²) >= 11 is 0. The average molecular weight is 211 g/mol. The first kappa shape index (κ1) is 11.7. The van der Waals surface area contributed by atoms with Gasteiger partial charge in [-0.05, 0) is 13.3 Å². The van der Waals surface area contributed by atoms with E-state index in [0.29, 0.717) is 12.2 Å². The molecule has 0 aliphatic carbocycles. The Morgan fingerprint density at radius 3 is 3.00 bits per heavy atom. The lowest BCUT2D eigenvalue weighted by molar-refractivity contribution is 0.0637. The minimum absolute atomic E-state index is 0.255. The van der Waals surface area contributed by atoms with E-state index in [2.05, 4.69) is 15.5 Å². The third kappa shape index (κ3) is 4.12. The molecule has 0 aliphatic rings. The molecule has 0 saturated heterocycles. The summed E-state index contributed by atoms with van der Waals surface area (Å²) in [5.74, 6) is 0. The van der Waals surface area contributed by atoms with Crippen LogP contribution in [0, 0.1) is 0 Å². The van der Waals surface area contributed by atoms with E-state index in [1.54, 1.807) is 6.92 Å². The van der Waals surface area contributed by atoms with Gasteiger partial charge in [-0.2, -0.15) is 5.10 Å². The first-order valence-corrected chi connectivity index (χ1v) is 5.04. The molecule has 1 rings (SSSR count). The molecule has 1 unspecified atom stereocenters. The monoisotopic (exact) mass is 211 g/mol. The average Bonchev–Trinajstić information content (AvgIpc) is 2.15. The van der Waals surface area contributed by atoms with Crippen molar-refractivity contribution in [3.05, 3.63) is 22.6 Å². The number of nitrogens with zero attached hydrogens (tertiary/aromatic N) is 1. The second-order valence-corrected chi connectivity index (χ2v) is 3.93. The Balaban J connectivity index is 2.53. The topological polar surface area (TPSA) is 78.0 Å². The maximum atomic E-state index is 10.9. The molecule has 1 aromatic heterocycles. The van der Waals surface area contributed by atoms with Gasteiger partial charge in [-0.15, -0.1) is 0 Å². The number of hydrogen-bond donors (Lipinski definition) is 3. The van der Waals surface area contributed by atoms with Crippen LogP contribution in [0.5, 0.6) is 0 Å². The third-order valence-electron chi connectivity index (χ3n) is 2.13. The molecule has 1 heterocycles. The number of aromatic nitrogens is 2. The minimum Gasteiger partial charge on any atom is -0.388 e. The smallest absolute Gasteiger partial charge is 0.266 e. The molecular weight excluding hydrogens is 194 g/mol. The number of aliphatic hydroxyl groups is 1. The Labute approximate surface area is 88.5 Å². The standard InChI is InChI=1S/C10H17N3O2/c1-3-4-10(2,15)7-11-8-5-9(14)13-12-6-8/h5-6,15H,3-4,7H2,1-2H3,(H2,11,13,14). The molecule has 0 saturated carbocycles. The van der Waals surface area contributed by atoms with Crippen LogP contribution in [0.2, 0.25) is 0 Å². The molecule has 0 spiro atoms. The van der Waals surface area contributed by atoms with Crippen molar-refractivity contribution in [2.45, 2.75) is 32.3 Å². The molecule has 0 amide bonds. The van der Waals surface area contributed by atoms with Gasteiger partial charge in [0.25, 0.3) is 5.56 Å². The molecule has 0 bridgehead atoms. The summed E-state index contributed by atoms with van der Waals surface area (Å²) < 4.78 is 0. The fourth-order valence-electron chi connectivity index (χ4n) is 1.39. The SMILES string of the molecule is CCCC(C)(O)CNc1cn[nH]c(=O)c1. The second kappa shape index (κ2) is 4.93. The van der Waals surface area contributed by atoms with Gasteiger partial charge in [0, 0.05) is 12.6 Å². The van der Waals surface area contributed by atoms with Crippen molar-refractivity contribution >= 4 is 5.69 Å². The molecule has 3 N–H and O–H groups in total. The number of H-pyrrole nitrogens is 1. The summed E-state index contributed by atoms with van der Waals surface area (Å²) in [6.45, 7) is 4.19. The molecule has 15 heavy (non-hydrogen) atoms. The van der Waals surface area contributed by atoms with Crippen LogP contribution in [-0.2, 0) is 0 Å². The maximum absolute atomic E-state index is 10.9. The predicted octanol–water partition coefficient (Wildman–Crippen LogP) is 0.733. The normalized spacial score (nSPS) is 14.6. The number of rotatable bonds is 5. The molecular formula is C10H17N3O2. The van der Waals surface area contributed by atoms with Crippen LogP contribution in [-0.4, -0.2) is 27.4 Å². The van der Waals surface area contributed by atoms with E-state index >= 15 is 0 Å². The maximum Gasteiger partial charge on any atom is 0.266 e. The van der Waals surface area contributed by atoms with Crippen LogP contribution >= 0.6 is 0 Å². The van der Waals surface area contributed by atoms with Crippen molar-refractivity contribution in [1.82, 2.24) is 10.2 Å². The van der Waals surface area contributed by atoms with Crippen LogP contribution in [0.1, 0.15) is 26.7 Å². The Morgan fingerprint density at radius 2 is 2.40 bits per heavy atom. The van der Waals surface area contributed by atoms with Gasteiger partial charge in [-0.25, -0.2) is 5.10 Å². The first-order chi connectivity index (χ1) is 7.03. The van der Waals surface area contributed by atoms with Gasteiger partial charge in [0.2, 0.25) is 0 Å². The molecule has 0 radical (unpaired) electrons. The van der Waals surface area contributed by atoms with Crippen LogP contribution in [0.15, 0.2) is 17.1 Å². The molecule has 0 aromatic carbocycles. The highest BCUT2D eigenvalue weighted by atomic mass is 16.3. The quantitative estimate of drug-likeness (QED) is 0.671. The van der Waals surface area contributed by atoms with Gasteiger partial charge in [0.15, 0.2) is 0 Å². The van der Waals surface area contributed by atoms with Crippen LogP contribution in [0.4, 0.5) is 5.69 Å². The molecule has 5 nitrogen and oxygen atoms in total. The van der Waals surface area contributed by atoms with Crippen molar-refractivity contribution < 1.29 is 5.11 Å². The van der Waals surface area contributed by atoms with Gasteiger partial charge in [0.1, 0.15) is 0 Å². The van der Waals surface area contributed by atoms with Gasteiger partial charge >= 0.3 is 0 Å². The van der Waals surface area contributed by atoms with Gasteiger partial charge < -0.3 is 10.4 Å². The van der Waals surface area contributed by atoms with Crippen molar-refractivity contribution in [2.75, 3.05) is 11.9 Å². The van der Waals surface area contributed by atoms with Crippen molar-refractivity contribution in [3.8, 4) is 0 Å². The van der Waals surface area contributed by atoms with Gasteiger partial charge in [0.05, 0.1) is 17.5 Å². The number of anilines is 1. The van der Waals surface area contributed by atoms with E-state index in [1.165, 1.54) is 12.3 Å². The highest BCUT2D eigenvalue weighted by Gasteiger charge is 2.18. The molecule has 1 atom stereocenters. The third-order valence-corrected chi connectivity index (χ3v) is 2.13. The zero-order valence-corrected chi connectivity index (χ0v) is 9.08. The van der Waals surface area contributed by atoms with E-state index < -0.39 is 5.60 Å². The largest absolute Gasteiger partial charge is 0.388 e. The number of hydrogen-bond acceptors (Lipinski definition) is 4. The number of aromatic amines is 1. The lowest BCUT2D eigenvalue weighted by atomic mass is 10.0. The molecule has 1 aromatic rings. The van der Waals surface area contributed by atoms with E-state index in [4.69, 9.17) is 0 Å². The fraction of sp³-hybridized carbons (Fsp3) is 0.600. The zero-order valence-electron chi connectivity index (χ0n) is 9.08. The van der Waals surface area contributed by atoms with Gasteiger partial charge in [-0.3, -0.25) is 4.79 Å². The number of nitrogens with one attached hydrogen (secondary N) is 2. The Kier molecular flexibility index (Phi) is 3.85. The van der Waals surface area contributed by atoms with E-state index in [0.717, 1.165) is 12.8 Å². The van der Waals surface area contributed by atoms with Gasteiger partial charge in [-0.1, -0.05) is 13.3 Å². The van der Waals surface area contributed by atoms with E-state index in [-0.39, 0.29) is 5.56 Å². The highest BCUT2D eigenvalue weighted by molar-refractivity contribution is 5.38. The van der Waals surface area contributed by atoms with Crippen LogP contribution in [0.3, 0.4) is 0 Å². The van der Waals surface area contributed by atoms with Crippen molar-refractivity contribution in [2.24, 2.45) is 0 Å². The predicted molar refractivity (Wildman–Crippen MR) is 58.9 cm³/mol. The summed E-state index contributed by atoms with van der Waals surface area (Å²) in [6, 6.07) is 1.41. The summed E-state index contributed by atoms with van der Waals surface area (Å²) in [6.07, 6.45) is 3.16. The summed E-state index contributed by atoms with van der Waals surface area (Å²) in [4.78, 5) is 10.9. The van der Waals surface area contributed by atoms with Crippen LogP contribution in [0.25, 0.3) is 0 Å². The Morgan fingerprint density at radius 1 is 1.67 bits per heavy atom. The van der Waals surface area contributed by atoms with E-state index in [9.17, 15) is 9.90 Å². The zero-order chi connectivity index (χ0) is 11.3. The molecule has 84 valence electrons. The van der Waals surface area contributed by atoms with Crippen LogP contribution < -0.4 is 10.9 Å². The van der Waals surface area contributed by atoms with Crippen molar-refractivity contribution in [1.29, 1.82) is 0 Å². The Bertz CT molecular complexity index is 360. The lowest BCUT2D eigenvalue weighted by Crippen LogP contribution is -2.33. The first-order valence-electron chi connectivity index (χ1n) is 5.04. The fourth-order valence-corrected chi connectivity index (χ4v) is 1.39. The second-order valence-electron chi connectivity index (χ2n) is 3.93. The molecule has 0 aliphatic heterocycles. The van der Waals surface area contributed by atoms with E-state index in [1.807, 2.05) is 6.92 Å². The van der Waals surface area contributed by atoms with Crippen molar-refractivity contribution in [3.63, 3.8) is 0 Å². The molecule has 5 heteroatoms. The Hall–Kier alpha value is -1.36. The lowest BCUT2D eigenvalue weighted by Gasteiger charge is -2.23. The minimum atomic E-state index is -0.753. The summed E-state index contributed by atoms with van der Waals surface area (Å²) in [7, 11) is 0.